The quantitative estimate of drug-likeness (QED) is 0.896. The molecule has 1 amide bonds. The summed E-state index contributed by atoms with van der Waals surface area (Å²) in [6.45, 7) is 3.95. The van der Waals surface area contributed by atoms with Gasteiger partial charge in [-0.1, -0.05) is 17.7 Å². The number of amides is 1. The molecule has 18 heavy (non-hydrogen) atoms. The molecular formula is C13H16N4O. The molecule has 2 rings (SSSR count). The third-order valence-corrected chi connectivity index (χ3v) is 2.70. The lowest BCUT2D eigenvalue weighted by Crippen LogP contribution is -2.17. The van der Waals surface area contributed by atoms with Gasteiger partial charge in [-0.3, -0.25) is 4.79 Å². The topological polar surface area (TPSA) is 59.8 Å². The monoisotopic (exact) mass is 244 g/mol. The van der Waals surface area contributed by atoms with Crippen LogP contribution in [0.1, 0.15) is 24.9 Å². The summed E-state index contributed by atoms with van der Waals surface area (Å²) in [7, 11) is 0. The molecule has 94 valence electrons. The minimum Gasteiger partial charge on any atom is -0.326 e. The molecule has 5 nitrogen and oxygen atoms in total. The van der Waals surface area contributed by atoms with Crippen LogP contribution in [0.3, 0.4) is 0 Å². The van der Waals surface area contributed by atoms with Crippen LogP contribution in [-0.4, -0.2) is 20.7 Å². The van der Waals surface area contributed by atoms with Crippen LogP contribution in [0.25, 0.3) is 0 Å². The smallest absolute Gasteiger partial charge is 0.226 e. The fourth-order valence-corrected chi connectivity index (χ4v) is 1.66. The fraction of sp³-hybridized carbons (Fsp3) is 0.308. The second kappa shape index (κ2) is 5.44. The van der Waals surface area contributed by atoms with E-state index in [0.717, 1.165) is 5.69 Å². The van der Waals surface area contributed by atoms with Gasteiger partial charge < -0.3 is 5.32 Å². The summed E-state index contributed by atoms with van der Waals surface area (Å²) < 4.78 is 1.68. The molecule has 2 aromatic rings. The summed E-state index contributed by atoms with van der Waals surface area (Å²) in [5, 5.41) is 6.87. The molecular weight excluding hydrogens is 228 g/mol. The van der Waals surface area contributed by atoms with E-state index in [1.807, 2.05) is 38.1 Å². The van der Waals surface area contributed by atoms with Gasteiger partial charge in [0.2, 0.25) is 5.91 Å². The number of carbonyl (C=O) groups excluding carboxylic acids is 1. The number of aromatic nitrogens is 3. The fourth-order valence-electron chi connectivity index (χ4n) is 1.66. The lowest BCUT2D eigenvalue weighted by Gasteiger charge is -2.11. The third kappa shape index (κ3) is 3.16. The first-order valence-corrected chi connectivity index (χ1v) is 5.86. The molecule has 0 saturated carbocycles. The van der Waals surface area contributed by atoms with Crippen molar-refractivity contribution >= 4 is 11.6 Å². The number of rotatable bonds is 4. The predicted molar refractivity (Wildman–Crippen MR) is 69.2 cm³/mol. The molecule has 0 unspecified atom stereocenters. The largest absolute Gasteiger partial charge is 0.326 e. The highest BCUT2D eigenvalue weighted by Crippen LogP contribution is 2.12. The zero-order valence-electron chi connectivity index (χ0n) is 10.5. The standard InChI is InChI=1S/C13H16N4O/c1-10-3-5-12(6-4-10)16-13(18)7-11(2)17-9-14-8-15-17/h3-6,8-9,11H,7H2,1-2H3,(H,16,18)/t11-/m0/s1. The average molecular weight is 244 g/mol. The molecule has 0 spiro atoms. The van der Waals surface area contributed by atoms with E-state index in [1.54, 1.807) is 11.0 Å². The number of nitrogens with one attached hydrogen (secondary N) is 1. The first kappa shape index (κ1) is 12.3. The van der Waals surface area contributed by atoms with Crippen molar-refractivity contribution in [2.24, 2.45) is 0 Å². The maximum atomic E-state index is 11.8. The van der Waals surface area contributed by atoms with Crippen LogP contribution in [0.2, 0.25) is 0 Å². The lowest BCUT2D eigenvalue weighted by atomic mass is 10.2. The molecule has 0 radical (unpaired) electrons. The first-order chi connectivity index (χ1) is 8.65. The van der Waals surface area contributed by atoms with Gasteiger partial charge in [0.25, 0.3) is 0 Å². The van der Waals surface area contributed by atoms with Gasteiger partial charge in [-0.15, -0.1) is 0 Å². The third-order valence-electron chi connectivity index (χ3n) is 2.70. The number of aryl methyl sites for hydroxylation is 1. The normalized spacial score (nSPS) is 12.1. The van der Waals surface area contributed by atoms with E-state index in [-0.39, 0.29) is 11.9 Å². The number of carbonyl (C=O) groups is 1. The summed E-state index contributed by atoms with van der Waals surface area (Å²) in [6.07, 6.45) is 3.45. The predicted octanol–water partition coefficient (Wildman–Crippen LogP) is 2.18. The van der Waals surface area contributed by atoms with Crippen LogP contribution in [0.5, 0.6) is 0 Å². The van der Waals surface area contributed by atoms with Crippen LogP contribution < -0.4 is 5.32 Å². The van der Waals surface area contributed by atoms with Crippen LogP contribution in [0, 0.1) is 6.92 Å². The molecule has 0 fully saturated rings. The summed E-state index contributed by atoms with van der Waals surface area (Å²) in [5.74, 6) is -0.0261. The number of anilines is 1. The van der Waals surface area contributed by atoms with E-state index in [4.69, 9.17) is 0 Å². The SMILES string of the molecule is Cc1ccc(NC(=O)C[C@H](C)n2cncn2)cc1. The van der Waals surface area contributed by atoms with E-state index in [2.05, 4.69) is 15.4 Å². The number of benzene rings is 1. The van der Waals surface area contributed by atoms with Crippen molar-refractivity contribution in [3.63, 3.8) is 0 Å². The van der Waals surface area contributed by atoms with Crippen LogP contribution in [-0.2, 0) is 4.79 Å². The number of hydrogen-bond acceptors (Lipinski definition) is 3. The van der Waals surface area contributed by atoms with Crippen LogP contribution >= 0.6 is 0 Å². The minimum atomic E-state index is -0.0261. The Hall–Kier alpha value is -2.17. The Morgan fingerprint density at radius 1 is 1.39 bits per heavy atom. The maximum Gasteiger partial charge on any atom is 0.226 e. The van der Waals surface area contributed by atoms with E-state index < -0.39 is 0 Å². The van der Waals surface area contributed by atoms with E-state index in [9.17, 15) is 4.79 Å². The van der Waals surface area contributed by atoms with Crippen LogP contribution in [0.4, 0.5) is 5.69 Å². The van der Waals surface area contributed by atoms with Crippen molar-refractivity contribution in [1.82, 2.24) is 14.8 Å². The van der Waals surface area contributed by atoms with Crippen molar-refractivity contribution in [2.45, 2.75) is 26.3 Å². The Labute approximate surface area is 106 Å². The molecule has 0 saturated heterocycles. The molecule has 1 atom stereocenters. The van der Waals surface area contributed by atoms with Gasteiger partial charge in [0, 0.05) is 12.1 Å². The lowest BCUT2D eigenvalue weighted by molar-refractivity contribution is -0.116. The summed E-state index contributed by atoms with van der Waals surface area (Å²) in [5.41, 5.74) is 1.99. The van der Waals surface area contributed by atoms with Crippen molar-refractivity contribution in [1.29, 1.82) is 0 Å². The zero-order chi connectivity index (χ0) is 13.0. The molecule has 0 aliphatic heterocycles. The molecule has 1 heterocycles. The molecule has 5 heteroatoms. The zero-order valence-corrected chi connectivity index (χ0v) is 10.5. The van der Waals surface area contributed by atoms with Crippen molar-refractivity contribution in [2.75, 3.05) is 5.32 Å². The minimum absolute atomic E-state index is 0.00190. The highest BCUT2D eigenvalue weighted by atomic mass is 16.1. The first-order valence-electron chi connectivity index (χ1n) is 5.86. The number of hydrogen-bond donors (Lipinski definition) is 1. The summed E-state index contributed by atoms with van der Waals surface area (Å²) in [6, 6.07) is 7.73. The highest BCUT2D eigenvalue weighted by Gasteiger charge is 2.11. The summed E-state index contributed by atoms with van der Waals surface area (Å²) in [4.78, 5) is 15.7. The number of nitrogens with zero attached hydrogens (tertiary/aromatic N) is 3. The van der Waals surface area contributed by atoms with Gasteiger partial charge in [0.15, 0.2) is 0 Å². The molecule has 1 N–H and O–H groups in total. The van der Waals surface area contributed by atoms with Gasteiger partial charge >= 0.3 is 0 Å². The molecule has 1 aromatic heterocycles. The van der Waals surface area contributed by atoms with Crippen molar-refractivity contribution in [3.05, 3.63) is 42.5 Å². The Morgan fingerprint density at radius 3 is 2.72 bits per heavy atom. The maximum absolute atomic E-state index is 11.8. The molecule has 0 bridgehead atoms. The Balaban J connectivity index is 1.91. The van der Waals surface area contributed by atoms with Crippen molar-refractivity contribution in [3.8, 4) is 0 Å². The second-order valence-corrected chi connectivity index (χ2v) is 4.34. The summed E-state index contributed by atoms with van der Waals surface area (Å²) >= 11 is 0. The highest BCUT2D eigenvalue weighted by molar-refractivity contribution is 5.90. The van der Waals surface area contributed by atoms with Crippen LogP contribution in [0.15, 0.2) is 36.9 Å². The van der Waals surface area contributed by atoms with Gasteiger partial charge in [-0.05, 0) is 26.0 Å². The van der Waals surface area contributed by atoms with Gasteiger partial charge in [0.1, 0.15) is 12.7 Å². The second-order valence-electron chi connectivity index (χ2n) is 4.34. The van der Waals surface area contributed by atoms with E-state index in [1.165, 1.54) is 11.9 Å². The molecule has 0 aliphatic carbocycles. The molecule has 1 aromatic carbocycles. The Morgan fingerprint density at radius 2 is 2.11 bits per heavy atom. The Kier molecular flexibility index (Phi) is 3.72. The van der Waals surface area contributed by atoms with Gasteiger partial charge in [-0.2, -0.15) is 5.10 Å². The van der Waals surface area contributed by atoms with Gasteiger partial charge in [0.05, 0.1) is 6.04 Å². The van der Waals surface area contributed by atoms with E-state index >= 15 is 0 Å². The molecule has 0 aliphatic rings. The van der Waals surface area contributed by atoms with Crippen molar-refractivity contribution < 1.29 is 4.79 Å². The average Bonchev–Trinajstić information content (AvgIpc) is 2.85. The van der Waals surface area contributed by atoms with Gasteiger partial charge in [-0.25, -0.2) is 9.67 Å². The Bertz CT molecular complexity index is 504. The van der Waals surface area contributed by atoms with E-state index in [0.29, 0.717) is 6.42 Å².